The van der Waals surface area contributed by atoms with Gasteiger partial charge in [0.1, 0.15) is 0 Å². The molecule has 0 N–H and O–H groups in total. The second-order valence-electron chi connectivity index (χ2n) is 6.45. The van der Waals surface area contributed by atoms with E-state index in [9.17, 15) is 4.79 Å². The number of nitrogens with zero attached hydrogens (tertiary/aromatic N) is 1. The second-order valence-corrected chi connectivity index (χ2v) is 7.74. The highest BCUT2D eigenvalue weighted by atomic mass is 79.9. The monoisotopic (exact) mass is 463 g/mol. The Morgan fingerprint density at radius 2 is 1.52 bits per heavy atom. The van der Waals surface area contributed by atoms with Crippen LogP contribution >= 0.6 is 39.9 Å². The second kappa shape index (κ2) is 9.52. The molecule has 0 aliphatic carbocycles. The van der Waals surface area contributed by atoms with Crippen LogP contribution in [-0.4, -0.2) is 25.3 Å². The Kier molecular flexibility index (Phi) is 7.63. The van der Waals surface area contributed by atoms with E-state index in [1.807, 2.05) is 50.5 Å². The summed E-state index contributed by atoms with van der Waals surface area (Å²) in [6.07, 6.45) is 0.854. The maximum atomic E-state index is 11.5. The fraction of sp³-hybridized carbons (Fsp3) is 0.136. The van der Waals surface area contributed by atoms with Crippen LogP contribution in [0, 0.1) is 0 Å². The quantitative estimate of drug-likeness (QED) is 0.390. The van der Waals surface area contributed by atoms with Crippen LogP contribution in [0.1, 0.15) is 15.9 Å². The number of halogens is 3. The molecule has 27 heavy (non-hydrogen) atoms. The Hall–Kier alpha value is -1.65. The molecule has 5 heteroatoms. The predicted octanol–water partition coefficient (Wildman–Crippen LogP) is 6.73. The normalized spacial score (nSPS) is 10.6. The molecule has 0 fully saturated rings. The molecule has 0 unspecified atom stereocenters. The van der Waals surface area contributed by atoms with Crippen molar-refractivity contribution in [3.63, 3.8) is 0 Å². The Bertz CT molecular complexity index is 922. The van der Waals surface area contributed by atoms with Gasteiger partial charge in [0, 0.05) is 27.7 Å². The molecule has 0 amide bonds. The van der Waals surface area contributed by atoms with Gasteiger partial charge < -0.3 is 4.90 Å². The van der Waals surface area contributed by atoms with E-state index in [0.29, 0.717) is 10.6 Å². The summed E-state index contributed by atoms with van der Waals surface area (Å²) in [5, 5.41) is 0.595. The summed E-state index contributed by atoms with van der Waals surface area (Å²) in [5.74, 6) is 0. The average molecular weight is 465 g/mol. The van der Waals surface area contributed by atoms with Crippen molar-refractivity contribution in [2.45, 2.75) is 6.54 Å². The van der Waals surface area contributed by atoms with Crippen molar-refractivity contribution in [3.05, 3.63) is 81.3 Å². The van der Waals surface area contributed by atoms with Gasteiger partial charge in [0.05, 0.1) is 5.02 Å². The lowest BCUT2D eigenvalue weighted by molar-refractivity contribution is 0.112. The van der Waals surface area contributed by atoms with Crippen LogP contribution in [0.4, 0.5) is 0 Å². The number of hydrogen-bond acceptors (Lipinski definition) is 2. The van der Waals surface area contributed by atoms with Crippen molar-refractivity contribution in [1.29, 1.82) is 0 Å². The summed E-state index contributed by atoms with van der Waals surface area (Å²) in [6, 6.07) is 19.9. The first kappa shape index (κ1) is 21.6. The maximum Gasteiger partial charge on any atom is 0.150 e. The molecule has 0 atom stereocenters. The molecule has 3 rings (SSSR count). The zero-order valence-corrected chi connectivity index (χ0v) is 18.2. The number of aldehydes is 1. The lowest BCUT2D eigenvalue weighted by Crippen LogP contribution is -2.10. The van der Waals surface area contributed by atoms with Gasteiger partial charge in [-0.3, -0.25) is 4.79 Å². The van der Waals surface area contributed by atoms with Gasteiger partial charge in [-0.15, -0.1) is 12.4 Å². The SMILES string of the molecule is CN(C)Cc1ccc(-c2ccc(C=O)c(-c3ccc(Br)cc3)c2Cl)cc1.Cl. The first-order valence-electron chi connectivity index (χ1n) is 8.27. The molecule has 0 aliphatic rings. The fourth-order valence-electron chi connectivity index (χ4n) is 2.98. The van der Waals surface area contributed by atoms with Gasteiger partial charge in [-0.05, 0) is 42.9 Å². The average Bonchev–Trinajstić information content (AvgIpc) is 2.63. The Labute approximate surface area is 179 Å². The van der Waals surface area contributed by atoms with Crippen LogP contribution in [0.5, 0.6) is 0 Å². The zero-order valence-electron chi connectivity index (χ0n) is 15.1. The van der Waals surface area contributed by atoms with E-state index in [-0.39, 0.29) is 12.4 Å². The van der Waals surface area contributed by atoms with E-state index in [4.69, 9.17) is 11.6 Å². The third-order valence-electron chi connectivity index (χ3n) is 4.20. The van der Waals surface area contributed by atoms with E-state index < -0.39 is 0 Å². The van der Waals surface area contributed by atoms with Crippen LogP contribution in [0.2, 0.25) is 5.02 Å². The van der Waals surface area contributed by atoms with Crippen LogP contribution in [0.3, 0.4) is 0 Å². The van der Waals surface area contributed by atoms with Crippen LogP contribution in [-0.2, 0) is 6.54 Å². The van der Waals surface area contributed by atoms with Gasteiger partial charge >= 0.3 is 0 Å². The standard InChI is InChI=1S/C22H19BrClNO.ClH/c1-25(2)13-15-3-5-16(6-4-15)20-12-9-18(14-26)21(22(20)24)17-7-10-19(23)11-8-17;/h3-12,14H,13H2,1-2H3;1H. The van der Waals surface area contributed by atoms with Gasteiger partial charge in [0.2, 0.25) is 0 Å². The maximum absolute atomic E-state index is 11.5. The summed E-state index contributed by atoms with van der Waals surface area (Å²) < 4.78 is 0.984. The molecule has 0 saturated carbocycles. The van der Waals surface area contributed by atoms with Crippen molar-refractivity contribution in [1.82, 2.24) is 4.90 Å². The lowest BCUT2D eigenvalue weighted by Gasteiger charge is -2.14. The smallest absolute Gasteiger partial charge is 0.150 e. The molecule has 0 bridgehead atoms. The molecule has 0 saturated heterocycles. The van der Waals surface area contributed by atoms with Gasteiger partial charge in [-0.2, -0.15) is 0 Å². The number of rotatable bonds is 5. The lowest BCUT2D eigenvalue weighted by atomic mass is 9.94. The van der Waals surface area contributed by atoms with Crippen LogP contribution < -0.4 is 0 Å². The first-order chi connectivity index (χ1) is 12.5. The topological polar surface area (TPSA) is 20.3 Å². The molecule has 0 heterocycles. The molecule has 3 aromatic carbocycles. The van der Waals surface area contributed by atoms with E-state index in [1.54, 1.807) is 0 Å². The summed E-state index contributed by atoms with van der Waals surface area (Å²) in [6.45, 7) is 0.891. The van der Waals surface area contributed by atoms with Gasteiger partial charge in [0.15, 0.2) is 6.29 Å². The van der Waals surface area contributed by atoms with E-state index in [2.05, 4.69) is 45.1 Å². The van der Waals surface area contributed by atoms with E-state index in [0.717, 1.165) is 39.6 Å². The Morgan fingerprint density at radius 1 is 0.926 bits per heavy atom. The Morgan fingerprint density at radius 3 is 2.07 bits per heavy atom. The minimum absolute atomic E-state index is 0. The highest BCUT2D eigenvalue weighted by molar-refractivity contribution is 9.10. The van der Waals surface area contributed by atoms with Crippen molar-refractivity contribution < 1.29 is 4.79 Å². The fourth-order valence-corrected chi connectivity index (χ4v) is 3.63. The molecule has 0 aromatic heterocycles. The molecule has 140 valence electrons. The number of benzene rings is 3. The zero-order chi connectivity index (χ0) is 18.7. The van der Waals surface area contributed by atoms with Crippen LogP contribution in [0.25, 0.3) is 22.3 Å². The summed E-state index contributed by atoms with van der Waals surface area (Å²) >= 11 is 10.2. The molecule has 0 radical (unpaired) electrons. The van der Waals surface area contributed by atoms with E-state index >= 15 is 0 Å². The van der Waals surface area contributed by atoms with Crippen molar-refractivity contribution >= 4 is 46.2 Å². The summed E-state index contributed by atoms with van der Waals surface area (Å²) in [7, 11) is 4.10. The minimum atomic E-state index is 0. The Balaban J connectivity index is 0.00000261. The van der Waals surface area contributed by atoms with Gasteiger partial charge in [-0.25, -0.2) is 0 Å². The molecular formula is C22H20BrCl2NO. The predicted molar refractivity (Wildman–Crippen MR) is 120 cm³/mol. The van der Waals surface area contributed by atoms with Gasteiger partial charge in [-0.1, -0.05) is 76.1 Å². The summed E-state index contributed by atoms with van der Waals surface area (Å²) in [4.78, 5) is 13.7. The van der Waals surface area contributed by atoms with Crippen molar-refractivity contribution in [3.8, 4) is 22.3 Å². The first-order valence-corrected chi connectivity index (χ1v) is 9.44. The number of hydrogen-bond donors (Lipinski definition) is 0. The molecular weight excluding hydrogens is 445 g/mol. The highest BCUT2D eigenvalue weighted by Crippen LogP contribution is 2.38. The number of carbonyl (C=O) groups is 1. The van der Waals surface area contributed by atoms with Crippen LogP contribution in [0.15, 0.2) is 65.1 Å². The largest absolute Gasteiger partial charge is 0.305 e. The molecule has 0 spiro atoms. The molecule has 3 aromatic rings. The van der Waals surface area contributed by atoms with Gasteiger partial charge in [0.25, 0.3) is 0 Å². The minimum Gasteiger partial charge on any atom is -0.305 e. The highest BCUT2D eigenvalue weighted by Gasteiger charge is 2.15. The third kappa shape index (κ3) is 4.99. The molecule has 2 nitrogen and oxygen atoms in total. The van der Waals surface area contributed by atoms with Crippen molar-refractivity contribution in [2.75, 3.05) is 14.1 Å². The number of carbonyl (C=O) groups excluding carboxylic acids is 1. The van der Waals surface area contributed by atoms with Crippen molar-refractivity contribution in [2.24, 2.45) is 0 Å². The van der Waals surface area contributed by atoms with E-state index in [1.165, 1.54) is 5.56 Å². The molecule has 0 aliphatic heterocycles. The third-order valence-corrected chi connectivity index (χ3v) is 5.12. The summed E-state index contributed by atoms with van der Waals surface area (Å²) in [5.41, 5.74) is 5.48.